The van der Waals surface area contributed by atoms with Crippen LogP contribution in [-0.4, -0.2) is 48.8 Å². The standard InChI is InChI=1S/C23H24F3N7O4S/c1-3-5-14-9-15-19(32-6-7-33-16(10-32)30-31-21(33)23(24,25)26)28-22(29-20(15)38-14)37-12-17-27-13(11-36-17)8-18(34)35-4-2/h9,11H,3-8,10,12H2,1-2H3. The maximum Gasteiger partial charge on any atom is 0.451 e. The third-order valence-corrected chi connectivity index (χ3v) is 6.85. The van der Waals surface area contributed by atoms with E-state index in [1.165, 1.54) is 17.6 Å². The van der Waals surface area contributed by atoms with E-state index in [1.54, 1.807) is 6.92 Å². The number of alkyl halides is 3. The van der Waals surface area contributed by atoms with E-state index in [4.69, 9.17) is 13.9 Å². The van der Waals surface area contributed by atoms with Crippen LogP contribution in [0.3, 0.4) is 0 Å². The molecule has 38 heavy (non-hydrogen) atoms. The molecule has 0 amide bonds. The van der Waals surface area contributed by atoms with E-state index in [-0.39, 0.29) is 57.0 Å². The summed E-state index contributed by atoms with van der Waals surface area (Å²) in [5.74, 6) is -0.430. The molecular formula is C23H24F3N7O4S. The molecule has 1 aliphatic rings. The van der Waals surface area contributed by atoms with Crippen LogP contribution >= 0.6 is 11.3 Å². The second-order valence-electron chi connectivity index (χ2n) is 8.53. The molecule has 0 bridgehead atoms. The van der Waals surface area contributed by atoms with Crippen LogP contribution in [0.5, 0.6) is 6.01 Å². The third-order valence-electron chi connectivity index (χ3n) is 5.76. The van der Waals surface area contributed by atoms with E-state index in [1.807, 2.05) is 11.0 Å². The fraction of sp³-hybridized carbons (Fsp3) is 0.478. The van der Waals surface area contributed by atoms with Crippen LogP contribution in [0.15, 0.2) is 16.7 Å². The van der Waals surface area contributed by atoms with Gasteiger partial charge in [-0.2, -0.15) is 23.1 Å². The van der Waals surface area contributed by atoms with Gasteiger partial charge in [-0.3, -0.25) is 4.79 Å². The summed E-state index contributed by atoms with van der Waals surface area (Å²) in [6, 6.07) is 2.09. The van der Waals surface area contributed by atoms with Gasteiger partial charge < -0.3 is 23.4 Å². The van der Waals surface area contributed by atoms with Crippen molar-refractivity contribution in [1.82, 2.24) is 29.7 Å². The number of fused-ring (bicyclic) bond motifs is 2. The molecule has 0 aliphatic carbocycles. The topological polar surface area (TPSA) is 121 Å². The molecule has 0 N–H and O–H groups in total. The van der Waals surface area contributed by atoms with Crippen LogP contribution in [0.1, 0.15) is 48.4 Å². The normalized spacial score (nSPS) is 13.7. The Morgan fingerprint density at radius 2 is 2.03 bits per heavy atom. The predicted octanol–water partition coefficient (Wildman–Crippen LogP) is 3.95. The Kier molecular flexibility index (Phi) is 7.19. The van der Waals surface area contributed by atoms with E-state index < -0.39 is 18.0 Å². The molecule has 0 saturated carbocycles. The highest BCUT2D eigenvalue weighted by Crippen LogP contribution is 2.36. The molecule has 4 aromatic heterocycles. The molecule has 0 fully saturated rings. The van der Waals surface area contributed by atoms with Gasteiger partial charge in [0.25, 0.3) is 0 Å². The van der Waals surface area contributed by atoms with Gasteiger partial charge in [0.15, 0.2) is 12.4 Å². The Labute approximate surface area is 218 Å². The Balaban J connectivity index is 1.39. The molecular weight excluding hydrogens is 527 g/mol. The fourth-order valence-electron chi connectivity index (χ4n) is 4.14. The fourth-order valence-corrected chi connectivity index (χ4v) is 5.26. The summed E-state index contributed by atoms with van der Waals surface area (Å²) in [7, 11) is 0. The number of halogens is 3. The van der Waals surface area contributed by atoms with Crippen LogP contribution in [0.25, 0.3) is 10.2 Å². The largest absolute Gasteiger partial charge is 0.466 e. The van der Waals surface area contributed by atoms with Crippen molar-refractivity contribution in [3.8, 4) is 6.01 Å². The quantitative estimate of drug-likeness (QED) is 0.283. The highest BCUT2D eigenvalue weighted by atomic mass is 32.1. The number of nitrogens with zero attached hydrogens (tertiary/aromatic N) is 7. The minimum Gasteiger partial charge on any atom is -0.466 e. The van der Waals surface area contributed by atoms with Crippen molar-refractivity contribution < 1.29 is 31.9 Å². The second-order valence-corrected chi connectivity index (χ2v) is 9.64. The van der Waals surface area contributed by atoms with E-state index in [2.05, 4.69) is 32.1 Å². The average Bonchev–Trinajstić information content (AvgIpc) is 3.59. The minimum absolute atomic E-state index is 0.0189. The monoisotopic (exact) mass is 551 g/mol. The number of aryl methyl sites for hydroxylation is 1. The molecule has 0 aromatic carbocycles. The number of rotatable bonds is 9. The highest BCUT2D eigenvalue weighted by molar-refractivity contribution is 7.18. The summed E-state index contributed by atoms with van der Waals surface area (Å²) in [6.45, 7) is 4.43. The lowest BCUT2D eigenvalue weighted by atomic mass is 10.2. The van der Waals surface area contributed by atoms with E-state index in [9.17, 15) is 18.0 Å². The molecule has 5 heterocycles. The number of carbonyl (C=O) groups is 1. The van der Waals surface area contributed by atoms with Gasteiger partial charge in [0, 0.05) is 18.0 Å². The van der Waals surface area contributed by atoms with Crippen molar-refractivity contribution in [3.63, 3.8) is 0 Å². The first-order valence-electron chi connectivity index (χ1n) is 12.0. The first kappa shape index (κ1) is 25.9. The van der Waals surface area contributed by atoms with Gasteiger partial charge in [-0.1, -0.05) is 13.3 Å². The van der Waals surface area contributed by atoms with Gasteiger partial charge in [-0.05, 0) is 19.4 Å². The van der Waals surface area contributed by atoms with Crippen molar-refractivity contribution in [2.75, 3.05) is 18.1 Å². The molecule has 11 nitrogen and oxygen atoms in total. The molecule has 0 atom stereocenters. The lowest BCUT2D eigenvalue weighted by Gasteiger charge is -2.29. The number of hydrogen-bond acceptors (Lipinski definition) is 11. The summed E-state index contributed by atoms with van der Waals surface area (Å²) in [5.41, 5.74) is 0.414. The number of oxazole rings is 1. The van der Waals surface area contributed by atoms with Crippen molar-refractivity contribution >= 4 is 33.3 Å². The Bertz CT molecular complexity index is 1450. The van der Waals surface area contributed by atoms with Crippen LogP contribution < -0.4 is 9.64 Å². The lowest BCUT2D eigenvalue weighted by Crippen LogP contribution is -2.36. The number of esters is 1. The molecule has 202 valence electrons. The number of aromatic nitrogens is 6. The first-order chi connectivity index (χ1) is 18.2. The second kappa shape index (κ2) is 10.6. The summed E-state index contributed by atoms with van der Waals surface area (Å²) in [6.07, 6.45) is -1.42. The smallest absolute Gasteiger partial charge is 0.451 e. The number of hydrogen-bond donors (Lipinski definition) is 0. The molecule has 4 aromatic rings. The van der Waals surface area contributed by atoms with Gasteiger partial charge >= 0.3 is 18.2 Å². The molecule has 15 heteroatoms. The summed E-state index contributed by atoms with van der Waals surface area (Å²) < 4.78 is 57.0. The molecule has 5 rings (SSSR count). The first-order valence-corrected chi connectivity index (χ1v) is 12.8. The maximum atomic E-state index is 13.3. The zero-order valence-corrected chi connectivity index (χ0v) is 21.4. The minimum atomic E-state index is -4.57. The molecule has 1 aliphatic heterocycles. The van der Waals surface area contributed by atoms with Crippen molar-refractivity contribution in [3.05, 3.63) is 40.4 Å². The van der Waals surface area contributed by atoms with Gasteiger partial charge in [-0.25, -0.2) is 4.98 Å². The third kappa shape index (κ3) is 5.42. The van der Waals surface area contributed by atoms with Crippen LogP contribution in [-0.2, 0) is 48.2 Å². The molecule has 0 saturated heterocycles. The van der Waals surface area contributed by atoms with Crippen LogP contribution in [0, 0.1) is 0 Å². The SMILES string of the molecule is CCCc1cc2c(N3CCn4c(nnc4C(F)(F)F)C3)nc(OCc3nc(CC(=O)OCC)co3)nc2s1. The zero-order valence-electron chi connectivity index (χ0n) is 20.6. The molecule has 0 radical (unpaired) electrons. The summed E-state index contributed by atoms with van der Waals surface area (Å²) >= 11 is 1.51. The van der Waals surface area contributed by atoms with Crippen LogP contribution in [0.4, 0.5) is 19.0 Å². The average molecular weight is 552 g/mol. The Morgan fingerprint density at radius 3 is 2.79 bits per heavy atom. The highest BCUT2D eigenvalue weighted by Gasteiger charge is 2.39. The van der Waals surface area contributed by atoms with Gasteiger partial charge in [0.2, 0.25) is 11.7 Å². The number of anilines is 1. The van der Waals surface area contributed by atoms with Gasteiger partial charge in [0.05, 0.1) is 30.7 Å². The van der Waals surface area contributed by atoms with Crippen molar-refractivity contribution in [2.24, 2.45) is 0 Å². The molecule has 0 unspecified atom stereocenters. The van der Waals surface area contributed by atoms with Crippen molar-refractivity contribution in [1.29, 1.82) is 0 Å². The van der Waals surface area contributed by atoms with Crippen molar-refractivity contribution in [2.45, 2.75) is 59.0 Å². The number of thiophene rings is 1. The summed E-state index contributed by atoms with van der Waals surface area (Å²) in [5, 5.41) is 7.92. The number of carbonyl (C=O) groups excluding carboxylic acids is 1. The Hall–Kier alpha value is -3.75. The van der Waals surface area contributed by atoms with Crippen LogP contribution in [0.2, 0.25) is 0 Å². The van der Waals surface area contributed by atoms with Gasteiger partial charge in [0.1, 0.15) is 16.9 Å². The van der Waals surface area contributed by atoms with E-state index in [0.29, 0.717) is 16.3 Å². The maximum absolute atomic E-state index is 13.3. The lowest BCUT2D eigenvalue weighted by molar-refractivity contribution is -0.147. The number of ether oxygens (including phenoxy) is 2. The molecule has 0 spiro atoms. The predicted molar refractivity (Wildman–Crippen MR) is 129 cm³/mol. The van der Waals surface area contributed by atoms with E-state index in [0.717, 1.165) is 27.7 Å². The summed E-state index contributed by atoms with van der Waals surface area (Å²) in [4.78, 5) is 28.7. The van der Waals surface area contributed by atoms with E-state index >= 15 is 0 Å². The van der Waals surface area contributed by atoms with Gasteiger partial charge in [-0.15, -0.1) is 21.5 Å². The Morgan fingerprint density at radius 1 is 1.18 bits per heavy atom. The zero-order chi connectivity index (χ0) is 26.9.